The lowest BCUT2D eigenvalue weighted by Gasteiger charge is -2.15. The third kappa shape index (κ3) is 3.98. The number of hydrogen-bond donors (Lipinski definition) is 1. The zero-order valence-corrected chi connectivity index (χ0v) is 7.84. The molecule has 64 valence electrons. The largest absolute Gasteiger partial charge is 0.548 e. The van der Waals surface area contributed by atoms with Crippen molar-refractivity contribution in [2.45, 2.75) is 24.7 Å². The third-order valence-electron chi connectivity index (χ3n) is 1.07. The average molecular weight is 223 g/mol. The molecule has 0 spiro atoms. The number of carboxylic acid groups (broad SMARTS) is 1. The number of carbonyl (C=O) groups is 2. The molecule has 0 bridgehead atoms. The van der Waals surface area contributed by atoms with Crippen LogP contribution in [0.1, 0.15) is 13.8 Å². The van der Waals surface area contributed by atoms with Crippen LogP contribution in [0.3, 0.4) is 0 Å². The second-order valence-electron chi connectivity index (χ2n) is 2.17. The van der Waals surface area contributed by atoms with Crippen molar-refractivity contribution in [3.05, 3.63) is 0 Å². The number of alkyl halides is 1. The lowest BCUT2D eigenvalue weighted by molar-refractivity contribution is -0.307. The molecule has 0 unspecified atom stereocenters. The van der Waals surface area contributed by atoms with Crippen LogP contribution in [0.15, 0.2) is 0 Å². The zero-order valence-electron chi connectivity index (χ0n) is 6.26. The average Bonchev–Trinajstić information content (AvgIpc) is 1.87. The Morgan fingerprint density at radius 3 is 2.18 bits per heavy atom. The van der Waals surface area contributed by atoms with Crippen LogP contribution >= 0.6 is 15.9 Å². The Morgan fingerprint density at radius 2 is 1.91 bits per heavy atom. The number of amides is 1. The molecule has 0 aliphatic carbocycles. The van der Waals surface area contributed by atoms with E-state index in [2.05, 4.69) is 21.2 Å². The van der Waals surface area contributed by atoms with Crippen LogP contribution in [-0.4, -0.2) is 22.7 Å². The van der Waals surface area contributed by atoms with Crippen LogP contribution < -0.4 is 10.4 Å². The number of aliphatic carboxylic acids is 1. The fourth-order valence-electron chi connectivity index (χ4n) is 0.387. The molecule has 2 atom stereocenters. The second kappa shape index (κ2) is 4.33. The fraction of sp³-hybridized carbons (Fsp3) is 0.667. The Morgan fingerprint density at radius 1 is 1.45 bits per heavy atom. The standard InChI is InChI=1S/C6H10BrNO3/c1-3(7)5(9)8-4(2)6(10)11/h3-4H,1-2H3,(H,8,9)(H,10,11)/p-1/t3-,4-/m0/s1. The molecule has 0 rings (SSSR count). The van der Waals surface area contributed by atoms with E-state index in [4.69, 9.17) is 0 Å². The number of rotatable bonds is 3. The second-order valence-corrected chi connectivity index (χ2v) is 3.54. The SMILES string of the molecule is C[C@H](Br)C(=O)N[C@@H](C)C(=O)[O-]. The summed E-state index contributed by atoms with van der Waals surface area (Å²) in [4.78, 5) is 20.5. The van der Waals surface area contributed by atoms with E-state index in [0.29, 0.717) is 0 Å². The highest BCUT2D eigenvalue weighted by molar-refractivity contribution is 9.10. The highest BCUT2D eigenvalue weighted by atomic mass is 79.9. The van der Waals surface area contributed by atoms with Crippen LogP contribution in [0.4, 0.5) is 0 Å². The molecule has 0 aliphatic rings. The molecule has 0 aromatic carbocycles. The van der Waals surface area contributed by atoms with Gasteiger partial charge in [-0.05, 0) is 13.8 Å². The molecule has 0 aromatic heterocycles. The quantitative estimate of drug-likeness (QED) is 0.625. The van der Waals surface area contributed by atoms with Crippen molar-refractivity contribution in [3.63, 3.8) is 0 Å². The Kier molecular flexibility index (Phi) is 4.10. The monoisotopic (exact) mass is 222 g/mol. The maximum Gasteiger partial charge on any atom is 0.234 e. The van der Waals surface area contributed by atoms with Crippen molar-refractivity contribution in [1.82, 2.24) is 5.32 Å². The molecular formula is C6H9BrNO3-. The summed E-state index contributed by atoms with van der Waals surface area (Å²) in [6.45, 7) is 2.96. The van der Waals surface area contributed by atoms with E-state index < -0.39 is 12.0 Å². The first-order valence-electron chi connectivity index (χ1n) is 3.10. The molecule has 4 nitrogen and oxygen atoms in total. The maximum absolute atomic E-state index is 10.8. The van der Waals surface area contributed by atoms with Gasteiger partial charge >= 0.3 is 0 Å². The topological polar surface area (TPSA) is 69.2 Å². The highest BCUT2D eigenvalue weighted by Gasteiger charge is 2.11. The van der Waals surface area contributed by atoms with Crippen LogP contribution in [0.5, 0.6) is 0 Å². The van der Waals surface area contributed by atoms with E-state index in [-0.39, 0.29) is 10.7 Å². The molecule has 0 saturated heterocycles. The van der Waals surface area contributed by atoms with Crippen molar-refractivity contribution in [2.24, 2.45) is 0 Å². The van der Waals surface area contributed by atoms with Gasteiger partial charge in [-0.1, -0.05) is 15.9 Å². The molecular weight excluding hydrogens is 214 g/mol. The van der Waals surface area contributed by atoms with E-state index >= 15 is 0 Å². The van der Waals surface area contributed by atoms with E-state index in [1.54, 1.807) is 6.92 Å². The molecule has 0 fully saturated rings. The molecule has 0 aliphatic heterocycles. The van der Waals surface area contributed by atoms with E-state index in [0.717, 1.165) is 0 Å². The third-order valence-corrected chi connectivity index (χ3v) is 1.49. The van der Waals surface area contributed by atoms with Gasteiger partial charge in [0.2, 0.25) is 5.91 Å². The summed E-state index contributed by atoms with van der Waals surface area (Å²) in [6.07, 6.45) is 0. The van der Waals surface area contributed by atoms with E-state index in [1.165, 1.54) is 6.92 Å². The minimum Gasteiger partial charge on any atom is -0.548 e. The molecule has 0 radical (unpaired) electrons. The highest BCUT2D eigenvalue weighted by Crippen LogP contribution is 1.96. The fourth-order valence-corrected chi connectivity index (χ4v) is 0.519. The first-order valence-corrected chi connectivity index (χ1v) is 4.02. The van der Waals surface area contributed by atoms with Gasteiger partial charge in [0.15, 0.2) is 0 Å². The van der Waals surface area contributed by atoms with Gasteiger partial charge in [0.1, 0.15) is 0 Å². The van der Waals surface area contributed by atoms with E-state index in [1.807, 2.05) is 0 Å². The van der Waals surface area contributed by atoms with Crippen LogP contribution in [-0.2, 0) is 9.59 Å². The summed E-state index contributed by atoms with van der Waals surface area (Å²) >= 11 is 2.99. The molecule has 0 aromatic rings. The number of carboxylic acids is 1. The van der Waals surface area contributed by atoms with Gasteiger partial charge in [-0.2, -0.15) is 0 Å². The summed E-state index contributed by atoms with van der Waals surface area (Å²) in [7, 11) is 0. The lowest BCUT2D eigenvalue weighted by Crippen LogP contribution is -2.47. The van der Waals surface area contributed by atoms with E-state index in [9.17, 15) is 14.7 Å². The summed E-state index contributed by atoms with van der Waals surface area (Å²) in [5.41, 5.74) is 0. The summed E-state index contributed by atoms with van der Waals surface area (Å²) < 4.78 is 0. The van der Waals surface area contributed by atoms with Crippen LogP contribution in [0.25, 0.3) is 0 Å². The number of hydrogen-bond acceptors (Lipinski definition) is 3. The van der Waals surface area contributed by atoms with Crippen LogP contribution in [0.2, 0.25) is 0 Å². The van der Waals surface area contributed by atoms with Crippen molar-refractivity contribution in [2.75, 3.05) is 0 Å². The summed E-state index contributed by atoms with van der Waals surface area (Å²) in [5, 5.41) is 12.3. The first-order chi connectivity index (χ1) is 4.95. The van der Waals surface area contributed by atoms with Gasteiger partial charge in [-0.25, -0.2) is 0 Å². The van der Waals surface area contributed by atoms with Gasteiger partial charge in [0.05, 0.1) is 16.8 Å². The van der Waals surface area contributed by atoms with Crippen molar-refractivity contribution < 1.29 is 14.7 Å². The molecule has 1 amide bonds. The molecule has 0 heterocycles. The smallest absolute Gasteiger partial charge is 0.234 e. The Balaban J connectivity index is 3.85. The number of nitrogens with one attached hydrogen (secondary N) is 1. The van der Waals surface area contributed by atoms with Gasteiger partial charge < -0.3 is 15.2 Å². The van der Waals surface area contributed by atoms with Crippen LogP contribution in [0, 0.1) is 0 Å². The molecule has 11 heavy (non-hydrogen) atoms. The Labute approximate surface area is 73.1 Å². The number of halogens is 1. The van der Waals surface area contributed by atoms with Gasteiger partial charge in [-0.15, -0.1) is 0 Å². The van der Waals surface area contributed by atoms with Gasteiger partial charge in [0, 0.05) is 0 Å². The first kappa shape index (κ1) is 10.4. The minimum atomic E-state index is -1.29. The zero-order chi connectivity index (χ0) is 9.02. The van der Waals surface area contributed by atoms with Crippen molar-refractivity contribution in [3.8, 4) is 0 Å². The Bertz CT molecular complexity index is 169. The lowest BCUT2D eigenvalue weighted by atomic mass is 10.3. The summed E-state index contributed by atoms with van der Waals surface area (Å²) in [6, 6.07) is -0.942. The van der Waals surface area contributed by atoms with Gasteiger partial charge in [-0.3, -0.25) is 4.79 Å². The molecule has 5 heteroatoms. The predicted molar refractivity (Wildman–Crippen MR) is 41.0 cm³/mol. The maximum atomic E-state index is 10.8. The van der Waals surface area contributed by atoms with Crippen molar-refractivity contribution in [1.29, 1.82) is 0 Å². The normalized spacial score (nSPS) is 15.2. The van der Waals surface area contributed by atoms with Crippen molar-refractivity contribution >= 4 is 27.8 Å². The Hall–Kier alpha value is -0.580. The van der Waals surface area contributed by atoms with Gasteiger partial charge in [0.25, 0.3) is 0 Å². The minimum absolute atomic E-state index is 0.360. The molecule has 0 saturated carbocycles. The molecule has 1 N–H and O–H groups in total. The predicted octanol–water partition coefficient (Wildman–Crippen LogP) is -0.976. The summed E-state index contributed by atoms with van der Waals surface area (Å²) in [5.74, 6) is -1.65. The number of carbonyl (C=O) groups excluding carboxylic acids is 2.